The summed E-state index contributed by atoms with van der Waals surface area (Å²) in [6, 6.07) is 16.5. The molecule has 1 atom stereocenters. The number of hydrogen-bond donors (Lipinski definition) is 0. The van der Waals surface area contributed by atoms with Crippen LogP contribution in [0.15, 0.2) is 54.6 Å². The average molecular weight is 404 g/mol. The molecule has 1 aliphatic rings. The highest BCUT2D eigenvalue weighted by Crippen LogP contribution is 2.41. The fraction of sp³-hybridized carbons (Fsp3) is 0.320. The maximum atomic E-state index is 13.8. The van der Waals surface area contributed by atoms with Crippen molar-refractivity contribution in [3.63, 3.8) is 0 Å². The van der Waals surface area contributed by atoms with Crippen LogP contribution in [0, 0.1) is 17.7 Å². The zero-order chi connectivity index (χ0) is 21.1. The first-order valence-electron chi connectivity index (χ1n) is 10.3. The summed E-state index contributed by atoms with van der Waals surface area (Å²) < 4.78 is 15.7. The lowest BCUT2D eigenvalue weighted by Gasteiger charge is -2.34. The fourth-order valence-corrected chi connectivity index (χ4v) is 4.20. The molecule has 2 heterocycles. The van der Waals surface area contributed by atoms with Crippen LogP contribution < -0.4 is 0 Å². The molecule has 4 nitrogen and oxygen atoms in total. The summed E-state index contributed by atoms with van der Waals surface area (Å²) in [7, 11) is 1.50. The number of rotatable bonds is 6. The van der Waals surface area contributed by atoms with E-state index in [0.29, 0.717) is 23.9 Å². The molecule has 0 N–H and O–H groups in total. The number of hydroxylamine groups is 2. The van der Waals surface area contributed by atoms with Gasteiger partial charge in [0.2, 0.25) is 5.66 Å². The lowest BCUT2D eigenvalue weighted by Crippen LogP contribution is -2.45. The van der Waals surface area contributed by atoms with Crippen molar-refractivity contribution in [3.8, 4) is 11.8 Å². The Morgan fingerprint density at radius 1 is 1.13 bits per heavy atom. The molecule has 3 aromatic rings. The number of aryl methyl sites for hydroxylation is 1. The highest BCUT2D eigenvalue weighted by molar-refractivity contribution is 6.01. The highest BCUT2D eigenvalue weighted by Gasteiger charge is 2.50. The molecule has 1 aromatic heterocycles. The van der Waals surface area contributed by atoms with E-state index in [-0.39, 0.29) is 11.7 Å². The van der Waals surface area contributed by atoms with Gasteiger partial charge in [0.15, 0.2) is 0 Å². The molecule has 0 aliphatic carbocycles. The third kappa shape index (κ3) is 3.38. The molecule has 30 heavy (non-hydrogen) atoms. The number of fused-ring (bicyclic) bond motifs is 3. The molecule has 4 rings (SSSR count). The highest BCUT2D eigenvalue weighted by atomic mass is 19.1. The fourth-order valence-electron chi connectivity index (χ4n) is 4.20. The second-order valence-electron chi connectivity index (χ2n) is 7.56. The molecule has 0 bridgehead atoms. The van der Waals surface area contributed by atoms with Gasteiger partial charge in [0.05, 0.1) is 12.6 Å². The Bertz CT molecular complexity index is 1130. The Morgan fingerprint density at radius 3 is 2.67 bits per heavy atom. The maximum Gasteiger partial charge on any atom is 0.297 e. The van der Waals surface area contributed by atoms with E-state index in [1.807, 2.05) is 22.8 Å². The Morgan fingerprint density at radius 2 is 1.93 bits per heavy atom. The minimum atomic E-state index is -0.937. The summed E-state index contributed by atoms with van der Waals surface area (Å²) >= 11 is 0. The molecule has 1 unspecified atom stereocenters. The predicted octanol–water partition coefficient (Wildman–Crippen LogP) is 5.28. The SMILES string of the molecule is CCCCC1(C#CCCc2ccccc2)N(OC)C(=O)c2cc3cc(F)ccc3n21. The summed E-state index contributed by atoms with van der Waals surface area (Å²) in [5.74, 6) is 6.11. The Balaban J connectivity index is 1.78. The topological polar surface area (TPSA) is 34.5 Å². The van der Waals surface area contributed by atoms with Gasteiger partial charge in [-0.2, -0.15) is 5.06 Å². The van der Waals surface area contributed by atoms with Gasteiger partial charge < -0.3 is 0 Å². The summed E-state index contributed by atoms with van der Waals surface area (Å²) in [6.07, 6.45) is 3.98. The van der Waals surface area contributed by atoms with Gasteiger partial charge in [-0.1, -0.05) is 49.6 Å². The monoisotopic (exact) mass is 404 g/mol. The zero-order valence-corrected chi connectivity index (χ0v) is 17.3. The number of unbranched alkanes of at least 4 members (excludes halogenated alkanes) is 1. The molecule has 0 saturated heterocycles. The molecule has 0 radical (unpaired) electrons. The first-order valence-corrected chi connectivity index (χ1v) is 10.3. The number of aromatic nitrogens is 1. The lowest BCUT2D eigenvalue weighted by molar-refractivity contribution is -0.160. The molecule has 0 fully saturated rings. The third-order valence-corrected chi connectivity index (χ3v) is 5.60. The summed E-state index contributed by atoms with van der Waals surface area (Å²) in [5, 5.41) is 2.08. The maximum absolute atomic E-state index is 13.8. The molecule has 0 spiro atoms. The smallest absolute Gasteiger partial charge is 0.297 e. The molecule has 1 amide bonds. The molecule has 2 aromatic carbocycles. The van der Waals surface area contributed by atoms with E-state index >= 15 is 0 Å². The molecule has 1 aliphatic heterocycles. The quantitative estimate of drug-likeness (QED) is 0.524. The predicted molar refractivity (Wildman–Crippen MR) is 115 cm³/mol. The first kappa shape index (κ1) is 20.2. The lowest BCUT2D eigenvalue weighted by atomic mass is 10.0. The van der Waals surface area contributed by atoms with Crippen LogP contribution >= 0.6 is 0 Å². The number of halogens is 1. The van der Waals surface area contributed by atoms with Crippen molar-refractivity contribution in [1.29, 1.82) is 0 Å². The van der Waals surface area contributed by atoms with Crippen molar-refractivity contribution < 1.29 is 14.0 Å². The third-order valence-electron chi connectivity index (χ3n) is 5.60. The minimum absolute atomic E-state index is 0.248. The van der Waals surface area contributed by atoms with E-state index in [1.165, 1.54) is 29.9 Å². The number of carbonyl (C=O) groups excluding carboxylic acids is 1. The Kier molecular flexibility index (Phi) is 5.61. The van der Waals surface area contributed by atoms with Crippen molar-refractivity contribution in [2.45, 2.75) is 44.7 Å². The van der Waals surface area contributed by atoms with Crippen molar-refractivity contribution in [2.75, 3.05) is 7.11 Å². The average Bonchev–Trinajstić information content (AvgIpc) is 3.24. The standard InChI is InChI=1S/C25H25FN2O2/c1-3-4-15-25(16-9-8-12-19-10-6-5-7-11-19)27-22-14-13-21(26)17-20(22)18-23(27)24(29)28(25)30-2/h5-7,10-11,13-14,17-18H,3-4,8,12,15H2,1-2H3. The Hall–Kier alpha value is -3.10. The van der Waals surface area contributed by atoms with E-state index in [0.717, 1.165) is 24.8 Å². The van der Waals surface area contributed by atoms with E-state index in [9.17, 15) is 9.18 Å². The van der Waals surface area contributed by atoms with Crippen LogP contribution in [0.4, 0.5) is 4.39 Å². The van der Waals surface area contributed by atoms with E-state index < -0.39 is 5.66 Å². The number of nitrogens with zero attached hydrogens (tertiary/aromatic N) is 2. The van der Waals surface area contributed by atoms with Crippen LogP contribution in [-0.4, -0.2) is 22.6 Å². The second-order valence-corrected chi connectivity index (χ2v) is 7.56. The normalized spacial score (nSPS) is 17.8. The van der Waals surface area contributed by atoms with Gasteiger partial charge in [0.1, 0.15) is 11.5 Å². The van der Waals surface area contributed by atoms with Crippen molar-refractivity contribution in [1.82, 2.24) is 9.63 Å². The summed E-state index contributed by atoms with van der Waals surface area (Å²) in [4.78, 5) is 18.7. The number of hydrogen-bond acceptors (Lipinski definition) is 2. The largest absolute Gasteiger partial charge is 0.300 e. The Labute approximate surface area is 176 Å². The van der Waals surface area contributed by atoms with Gasteiger partial charge in [-0.05, 0) is 48.6 Å². The van der Waals surface area contributed by atoms with Crippen LogP contribution in [0.1, 0.15) is 48.7 Å². The van der Waals surface area contributed by atoms with Crippen molar-refractivity contribution in [2.24, 2.45) is 0 Å². The van der Waals surface area contributed by atoms with Gasteiger partial charge in [0.25, 0.3) is 5.91 Å². The number of amides is 1. The van der Waals surface area contributed by atoms with Crippen molar-refractivity contribution in [3.05, 3.63) is 71.7 Å². The molecule has 5 heteroatoms. The van der Waals surface area contributed by atoms with Crippen molar-refractivity contribution >= 4 is 16.8 Å². The molecular weight excluding hydrogens is 379 g/mol. The zero-order valence-electron chi connectivity index (χ0n) is 17.3. The van der Waals surface area contributed by atoms with E-state index in [2.05, 4.69) is 30.9 Å². The molecule has 154 valence electrons. The van der Waals surface area contributed by atoms with Gasteiger partial charge in [-0.25, -0.2) is 4.39 Å². The van der Waals surface area contributed by atoms with Crippen LogP contribution in [0.3, 0.4) is 0 Å². The number of benzene rings is 2. The summed E-state index contributed by atoms with van der Waals surface area (Å²) in [6.45, 7) is 2.11. The van der Waals surface area contributed by atoms with Gasteiger partial charge >= 0.3 is 0 Å². The second kappa shape index (κ2) is 8.33. The van der Waals surface area contributed by atoms with E-state index in [4.69, 9.17) is 4.84 Å². The minimum Gasteiger partial charge on any atom is -0.300 e. The molecule has 0 saturated carbocycles. The van der Waals surface area contributed by atoms with E-state index in [1.54, 1.807) is 12.1 Å². The molecular formula is C25H25FN2O2. The van der Waals surface area contributed by atoms with Crippen LogP contribution in [-0.2, 0) is 16.9 Å². The van der Waals surface area contributed by atoms with Gasteiger partial charge in [0, 0.05) is 18.2 Å². The number of carbonyl (C=O) groups is 1. The van der Waals surface area contributed by atoms with Crippen LogP contribution in [0.5, 0.6) is 0 Å². The summed E-state index contributed by atoms with van der Waals surface area (Å²) in [5.41, 5.74) is 1.55. The first-order chi connectivity index (χ1) is 14.6. The van der Waals surface area contributed by atoms with Gasteiger partial charge in [-0.15, -0.1) is 0 Å². The van der Waals surface area contributed by atoms with Gasteiger partial charge in [-0.3, -0.25) is 14.2 Å². The van der Waals surface area contributed by atoms with Crippen LogP contribution in [0.25, 0.3) is 10.9 Å². The van der Waals surface area contributed by atoms with Crippen LogP contribution in [0.2, 0.25) is 0 Å².